The van der Waals surface area contributed by atoms with Crippen molar-refractivity contribution in [2.45, 2.75) is 57.3 Å². The molecule has 0 fully saturated rings. The minimum Gasteiger partial charge on any atom is -0.497 e. The predicted molar refractivity (Wildman–Crippen MR) is 166 cm³/mol. The second-order valence-electron chi connectivity index (χ2n) is 9.96. The fourth-order valence-corrected chi connectivity index (χ4v) is 5.61. The Morgan fingerprint density at radius 2 is 1.98 bits per heavy atom. The van der Waals surface area contributed by atoms with Crippen LogP contribution in [0.2, 0.25) is 0 Å². The molecule has 3 rings (SSSR count). The first-order chi connectivity index (χ1) is 20.3. The van der Waals surface area contributed by atoms with Gasteiger partial charge in [0, 0.05) is 37.1 Å². The highest BCUT2D eigenvalue weighted by Gasteiger charge is 2.40. The number of methoxy groups -OCH3 is 2. The Labute approximate surface area is 260 Å². The van der Waals surface area contributed by atoms with Crippen LogP contribution in [0.3, 0.4) is 0 Å². The van der Waals surface area contributed by atoms with Gasteiger partial charge in [0.2, 0.25) is 11.8 Å². The number of nitrogens with one attached hydrogen (secondary N) is 1. The van der Waals surface area contributed by atoms with Gasteiger partial charge < -0.3 is 34.6 Å². The number of aldehydes is 1. The molecule has 3 unspecified atom stereocenters. The first-order valence-corrected chi connectivity index (χ1v) is 15.0. The van der Waals surface area contributed by atoms with Crippen LogP contribution in [0.5, 0.6) is 17.2 Å². The maximum atomic E-state index is 13.6. The molecule has 228 valence electrons. The lowest BCUT2D eigenvalue weighted by atomic mass is 9.87. The predicted octanol–water partition coefficient (Wildman–Crippen LogP) is 3.30. The molecule has 0 saturated carbocycles. The number of benzene rings is 2. The van der Waals surface area contributed by atoms with Crippen LogP contribution in [-0.2, 0) is 16.0 Å². The number of unbranched alkanes of at least 4 members (excludes halogenated alkanes) is 1. The van der Waals surface area contributed by atoms with E-state index in [2.05, 4.69) is 5.32 Å². The first-order valence-electron chi connectivity index (χ1n) is 14.0. The van der Waals surface area contributed by atoms with Gasteiger partial charge in [0.05, 0.1) is 30.4 Å². The molecule has 2 aromatic rings. The molecule has 2 aromatic carbocycles. The topological polar surface area (TPSA) is 135 Å². The van der Waals surface area contributed by atoms with Crippen molar-refractivity contribution in [3.8, 4) is 17.2 Å². The number of rotatable bonds is 15. The van der Waals surface area contributed by atoms with Gasteiger partial charge in [-0.05, 0) is 71.3 Å². The van der Waals surface area contributed by atoms with Crippen LogP contribution in [0.1, 0.15) is 48.5 Å². The van der Waals surface area contributed by atoms with E-state index in [0.29, 0.717) is 64.0 Å². The molecule has 0 spiro atoms. The monoisotopic (exact) mass is 694 g/mol. The second-order valence-corrected chi connectivity index (χ2v) is 11.1. The summed E-state index contributed by atoms with van der Waals surface area (Å²) in [5, 5.41) is 23.6. The summed E-state index contributed by atoms with van der Waals surface area (Å²) in [5.41, 5.74) is 1.69. The van der Waals surface area contributed by atoms with E-state index in [1.807, 2.05) is 53.8 Å². The first kappa shape index (κ1) is 33.3. The van der Waals surface area contributed by atoms with Crippen LogP contribution in [0.4, 0.5) is 0 Å². The molecule has 0 aliphatic heterocycles. The second kappa shape index (κ2) is 16.5. The van der Waals surface area contributed by atoms with Crippen molar-refractivity contribution in [3.63, 3.8) is 0 Å². The molecule has 42 heavy (non-hydrogen) atoms. The van der Waals surface area contributed by atoms with Crippen LogP contribution < -0.4 is 19.5 Å². The Balaban J connectivity index is 1.99. The van der Waals surface area contributed by atoms with Crippen LogP contribution in [-0.4, -0.2) is 85.4 Å². The van der Waals surface area contributed by atoms with Gasteiger partial charge in [0.15, 0.2) is 11.5 Å². The van der Waals surface area contributed by atoms with Gasteiger partial charge in [-0.3, -0.25) is 14.4 Å². The molecule has 2 amide bonds. The summed E-state index contributed by atoms with van der Waals surface area (Å²) >= 11 is 2.02. The molecule has 3 atom stereocenters. The van der Waals surface area contributed by atoms with Crippen molar-refractivity contribution in [3.05, 3.63) is 62.7 Å². The zero-order valence-electron chi connectivity index (χ0n) is 24.2. The Hall–Kier alpha value is -3.16. The van der Waals surface area contributed by atoms with Gasteiger partial charge in [-0.1, -0.05) is 25.5 Å². The van der Waals surface area contributed by atoms with Gasteiger partial charge in [-0.2, -0.15) is 0 Å². The lowest BCUT2D eigenvalue weighted by Gasteiger charge is -2.41. The summed E-state index contributed by atoms with van der Waals surface area (Å²) in [6.45, 7) is 2.14. The zero-order valence-corrected chi connectivity index (χ0v) is 26.3. The molecule has 0 bridgehead atoms. The van der Waals surface area contributed by atoms with Crippen LogP contribution in [0.15, 0.2) is 48.0 Å². The van der Waals surface area contributed by atoms with Crippen molar-refractivity contribution < 1.29 is 38.8 Å². The average Bonchev–Trinajstić information content (AvgIpc) is 3.00. The van der Waals surface area contributed by atoms with Crippen molar-refractivity contribution in [2.75, 3.05) is 33.9 Å². The van der Waals surface area contributed by atoms with Gasteiger partial charge in [-0.25, -0.2) is 0 Å². The number of amides is 2. The standard InChI is InChI=1S/C31H39IN2O8/c1-4-5-9-28(37)34(12-10-20-7-6-8-23(14-20)40-2)25-17-22(31(39)33-11-13-35)18-26(29(25)38)42-30-24(32)15-21(19-36)16-27(30)41-3/h6-8,14-16,18-19,25-26,29,35,38H,4-5,9-13,17H2,1-3H3,(H,33,39). The number of hydrogen-bond donors (Lipinski definition) is 3. The maximum Gasteiger partial charge on any atom is 0.247 e. The van der Waals surface area contributed by atoms with E-state index in [4.69, 9.17) is 14.2 Å². The Morgan fingerprint density at radius 3 is 2.64 bits per heavy atom. The van der Waals surface area contributed by atoms with Gasteiger partial charge >= 0.3 is 0 Å². The van der Waals surface area contributed by atoms with E-state index in [9.17, 15) is 24.6 Å². The molecule has 0 radical (unpaired) electrons. The number of nitrogens with zero attached hydrogens (tertiary/aromatic N) is 1. The van der Waals surface area contributed by atoms with Crippen molar-refractivity contribution in [1.82, 2.24) is 10.2 Å². The number of halogens is 1. The SMILES string of the molecule is CCCCC(=O)N(CCc1cccc(OC)c1)C1CC(C(=O)NCCO)=CC(Oc2c(I)cc(C=O)cc2OC)C1O. The number of aliphatic hydroxyl groups is 2. The minimum absolute atomic E-state index is 0.0583. The van der Waals surface area contributed by atoms with Gasteiger partial charge in [0.1, 0.15) is 24.2 Å². The molecule has 10 nitrogen and oxygen atoms in total. The third-order valence-corrected chi connectivity index (χ3v) is 7.90. The summed E-state index contributed by atoms with van der Waals surface area (Å²) in [7, 11) is 3.04. The largest absolute Gasteiger partial charge is 0.497 e. The van der Waals surface area contributed by atoms with E-state index in [1.54, 1.807) is 24.2 Å². The van der Waals surface area contributed by atoms with E-state index >= 15 is 0 Å². The van der Waals surface area contributed by atoms with Crippen molar-refractivity contribution in [2.24, 2.45) is 0 Å². The average molecular weight is 695 g/mol. The van der Waals surface area contributed by atoms with E-state index < -0.39 is 24.2 Å². The van der Waals surface area contributed by atoms with Crippen LogP contribution >= 0.6 is 22.6 Å². The highest BCUT2D eigenvalue weighted by molar-refractivity contribution is 14.1. The molecular weight excluding hydrogens is 655 g/mol. The fourth-order valence-electron chi connectivity index (χ4n) is 4.86. The zero-order chi connectivity index (χ0) is 30.6. The molecule has 1 aliphatic rings. The lowest BCUT2D eigenvalue weighted by molar-refractivity contribution is -0.138. The third kappa shape index (κ3) is 8.68. The Morgan fingerprint density at radius 1 is 1.19 bits per heavy atom. The number of carbonyl (C=O) groups excluding carboxylic acids is 3. The maximum absolute atomic E-state index is 13.6. The molecule has 1 aliphatic carbocycles. The highest BCUT2D eigenvalue weighted by atomic mass is 127. The van der Waals surface area contributed by atoms with Crippen LogP contribution in [0.25, 0.3) is 0 Å². The molecule has 11 heteroatoms. The van der Waals surface area contributed by atoms with Gasteiger partial charge in [0.25, 0.3) is 0 Å². The summed E-state index contributed by atoms with van der Waals surface area (Å²) in [4.78, 5) is 39.7. The van der Waals surface area contributed by atoms with Crippen molar-refractivity contribution >= 4 is 40.7 Å². The molecular formula is C31H39IN2O8. The molecule has 3 N–H and O–H groups in total. The summed E-state index contributed by atoms with van der Waals surface area (Å²) in [5.74, 6) is 0.771. The molecule has 0 heterocycles. The summed E-state index contributed by atoms with van der Waals surface area (Å²) in [6.07, 6.45) is 2.50. The van der Waals surface area contributed by atoms with E-state index in [0.717, 1.165) is 12.0 Å². The van der Waals surface area contributed by atoms with Gasteiger partial charge in [-0.15, -0.1) is 0 Å². The highest BCUT2D eigenvalue weighted by Crippen LogP contribution is 2.37. The van der Waals surface area contributed by atoms with E-state index in [-0.39, 0.29) is 25.5 Å². The number of hydrogen-bond acceptors (Lipinski definition) is 8. The summed E-state index contributed by atoms with van der Waals surface area (Å²) < 4.78 is 17.7. The van der Waals surface area contributed by atoms with Crippen LogP contribution in [0, 0.1) is 3.57 Å². The fraction of sp³-hybridized carbons (Fsp3) is 0.452. The minimum atomic E-state index is -1.18. The number of carbonyl (C=O) groups is 3. The van der Waals surface area contributed by atoms with E-state index in [1.165, 1.54) is 13.2 Å². The third-order valence-electron chi connectivity index (χ3n) is 7.10. The summed E-state index contributed by atoms with van der Waals surface area (Å²) in [6, 6.07) is 9.99. The lowest BCUT2D eigenvalue weighted by Crippen LogP contribution is -2.55. The van der Waals surface area contributed by atoms with Crippen molar-refractivity contribution in [1.29, 1.82) is 0 Å². The molecule has 0 aromatic heterocycles. The molecule has 0 saturated heterocycles. The quantitative estimate of drug-likeness (QED) is 0.191. The normalized spacial score (nSPS) is 18.0. The number of aliphatic hydroxyl groups excluding tert-OH is 2. The Kier molecular flexibility index (Phi) is 13.1. The Bertz CT molecular complexity index is 1270. The smallest absolute Gasteiger partial charge is 0.247 e. The number of ether oxygens (including phenoxy) is 3.